The van der Waals surface area contributed by atoms with E-state index < -0.39 is 0 Å². The zero-order valence-corrected chi connectivity index (χ0v) is 13.2. The lowest BCUT2D eigenvalue weighted by Crippen LogP contribution is -2.36. The summed E-state index contributed by atoms with van der Waals surface area (Å²) < 4.78 is 5.09. The van der Waals surface area contributed by atoms with Gasteiger partial charge in [0.1, 0.15) is 5.75 Å². The monoisotopic (exact) mass is 311 g/mol. The van der Waals surface area contributed by atoms with Crippen LogP contribution in [0.4, 0.5) is 5.69 Å². The van der Waals surface area contributed by atoms with Gasteiger partial charge in [-0.1, -0.05) is 11.6 Å². The van der Waals surface area contributed by atoms with Crippen LogP contribution in [0, 0.1) is 5.92 Å². The molecule has 21 heavy (non-hydrogen) atoms. The van der Waals surface area contributed by atoms with Crippen molar-refractivity contribution in [1.29, 1.82) is 0 Å². The number of halogens is 1. The van der Waals surface area contributed by atoms with E-state index in [1.807, 2.05) is 0 Å². The first-order valence-corrected chi connectivity index (χ1v) is 7.48. The smallest absolute Gasteiger partial charge is 0.238 e. The quantitative estimate of drug-likeness (QED) is 0.872. The van der Waals surface area contributed by atoms with E-state index in [1.54, 1.807) is 25.3 Å². The third-order valence-corrected chi connectivity index (χ3v) is 4.20. The van der Waals surface area contributed by atoms with Crippen LogP contribution in [0.1, 0.15) is 13.3 Å². The second kappa shape index (κ2) is 7.11. The summed E-state index contributed by atoms with van der Waals surface area (Å²) in [5.74, 6) is 1.04. The summed E-state index contributed by atoms with van der Waals surface area (Å²) >= 11 is 6.04. The number of carbonyl (C=O) groups excluding carboxylic acids is 1. The van der Waals surface area contributed by atoms with Crippen LogP contribution in [-0.2, 0) is 4.79 Å². The van der Waals surface area contributed by atoms with Crippen molar-refractivity contribution in [1.82, 2.24) is 4.90 Å². The fourth-order valence-corrected chi connectivity index (χ4v) is 3.00. The minimum absolute atomic E-state index is 0.0410. The number of hydrogen-bond donors (Lipinski definition) is 2. The van der Waals surface area contributed by atoms with Crippen molar-refractivity contribution in [3.05, 3.63) is 23.2 Å². The Morgan fingerprint density at radius 3 is 2.90 bits per heavy atom. The summed E-state index contributed by atoms with van der Waals surface area (Å²) in [5.41, 5.74) is 6.38. The molecular formula is C15H22ClN3O2. The van der Waals surface area contributed by atoms with Crippen molar-refractivity contribution >= 4 is 23.2 Å². The zero-order chi connectivity index (χ0) is 15.4. The van der Waals surface area contributed by atoms with Gasteiger partial charge >= 0.3 is 0 Å². The minimum atomic E-state index is -0.0410. The number of likely N-dealkylation sites (tertiary alicyclic amines) is 1. The highest BCUT2D eigenvalue weighted by Gasteiger charge is 2.29. The minimum Gasteiger partial charge on any atom is -0.495 e. The van der Waals surface area contributed by atoms with Gasteiger partial charge < -0.3 is 15.8 Å². The summed E-state index contributed by atoms with van der Waals surface area (Å²) in [7, 11) is 1.56. The Balaban J connectivity index is 1.91. The third kappa shape index (κ3) is 4.09. The van der Waals surface area contributed by atoms with E-state index in [4.69, 9.17) is 22.1 Å². The number of methoxy groups -OCH3 is 1. The molecule has 3 N–H and O–H groups in total. The molecule has 2 atom stereocenters. The normalized spacial score (nSPS) is 22.3. The van der Waals surface area contributed by atoms with Gasteiger partial charge in [-0.05, 0) is 44.0 Å². The Labute approximate surface area is 130 Å². The molecule has 0 aliphatic carbocycles. The lowest BCUT2D eigenvalue weighted by atomic mass is 10.1. The van der Waals surface area contributed by atoms with Gasteiger partial charge in [0.05, 0.1) is 18.7 Å². The van der Waals surface area contributed by atoms with Gasteiger partial charge in [0.15, 0.2) is 0 Å². The molecule has 1 fully saturated rings. The van der Waals surface area contributed by atoms with Crippen LogP contribution in [0.5, 0.6) is 5.75 Å². The highest BCUT2D eigenvalue weighted by Crippen LogP contribution is 2.27. The molecule has 1 aromatic rings. The Hall–Kier alpha value is -1.30. The van der Waals surface area contributed by atoms with Crippen molar-refractivity contribution in [2.45, 2.75) is 19.4 Å². The first-order chi connectivity index (χ1) is 10.0. The topological polar surface area (TPSA) is 67.6 Å². The Bertz CT molecular complexity index is 510. The number of ether oxygens (including phenoxy) is 1. The predicted molar refractivity (Wildman–Crippen MR) is 84.8 cm³/mol. The van der Waals surface area contributed by atoms with E-state index in [0.29, 0.717) is 41.5 Å². The molecule has 2 rings (SSSR count). The first-order valence-electron chi connectivity index (χ1n) is 7.11. The van der Waals surface area contributed by atoms with Crippen molar-refractivity contribution in [3.8, 4) is 5.75 Å². The maximum atomic E-state index is 12.1. The summed E-state index contributed by atoms with van der Waals surface area (Å²) in [5, 5.41) is 3.34. The maximum Gasteiger partial charge on any atom is 0.238 e. The van der Waals surface area contributed by atoms with Crippen LogP contribution in [0.15, 0.2) is 18.2 Å². The molecule has 5 nitrogen and oxygen atoms in total. The zero-order valence-electron chi connectivity index (χ0n) is 12.4. The molecule has 1 saturated heterocycles. The highest BCUT2D eigenvalue weighted by molar-refractivity contribution is 6.32. The van der Waals surface area contributed by atoms with E-state index in [9.17, 15) is 4.79 Å². The van der Waals surface area contributed by atoms with Gasteiger partial charge in [-0.3, -0.25) is 9.69 Å². The maximum absolute atomic E-state index is 12.1. The van der Waals surface area contributed by atoms with E-state index >= 15 is 0 Å². The molecule has 0 radical (unpaired) electrons. The molecule has 0 saturated carbocycles. The van der Waals surface area contributed by atoms with Crippen LogP contribution in [-0.4, -0.2) is 43.6 Å². The van der Waals surface area contributed by atoms with Crippen LogP contribution in [0.2, 0.25) is 5.02 Å². The Morgan fingerprint density at radius 1 is 1.57 bits per heavy atom. The van der Waals surface area contributed by atoms with Gasteiger partial charge in [0.25, 0.3) is 0 Å². The van der Waals surface area contributed by atoms with Gasteiger partial charge in [0.2, 0.25) is 5.91 Å². The van der Waals surface area contributed by atoms with Crippen molar-refractivity contribution in [3.63, 3.8) is 0 Å². The average molecular weight is 312 g/mol. The fourth-order valence-electron chi connectivity index (χ4n) is 2.74. The van der Waals surface area contributed by atoms with Crippen LogP contribution in [0.3, 0.4) is 0 Å². The highest BCUT2D eigenvalue weighted by atomic mass is 35.5. The SMILES string of the molecule is COc1ccc(NC(=O)CN2CC(CN)CC2C)cc1Cl. The fraction of sp³-hybridized carbons (Fsp3) is 0.533. The molecule has 2 unspecified atom stereocenters. The van der Waals surface area contributed by atoms with Crippen molar-refractivity contribution in [2.75, 3.05) is 32.1 Å². The molecule has 0 spiro atoms. The standard InChI is InChI=1S/C15H22ClN3O2/c1-10-5-11(7-17)8-19(10)9-15(20)18-12-3-4-14(21-2)13(16)6-12/h3-4,6,10-11H,5,7-9,17H2,1-2H3,(H,18,20). The molecule has 0 aromatic heterocycles. The van der Waals surface area contributed by atoms with Gasteiger partial charge in [-0.2, -0.15) is 0 Å². The first kappa shape index (κ1) is 16.1. The molecule has 1 heterocycles. The van der Waals surface area contributed by atoms with E-state index in [-0.39, 0.29) is 5.91 Å². The largest absolute Gasteiger partial charge is 0.495 e. The number of nitrogens with zero attached hydrogens (tertiary/aromatic N) is 1. The third-order valence-electron chi connectivity index (χ3n) is 3.91. The van der Waals surface area contributed by atoms with Crippen LogP contribution in [0.25, 0.3) is 0 Å². The number of rotatable bonds is 5. The van der Waals surface area contributed by atoms with Crippen LogP contribution < -0.4 is 15.8 Å². The summed E-state index contributed by atoms with van der Waals surface area (Å²) in [6.45, 7) is 4.07. The summed E-state index contributed by atoms with van der Waals surface area (Å²) in [6.07, 6.45) is 1.05. The second-order valence-electron chi connectivity index (χ2n) is 5.51. The second-order valence-corrected chi connectivity index (χ2v) is 5.92. The van der Waals surface area contributed by atoms with Crippen molar-refractivity contribution in [2.24, 2.45) is 11.7 Å². The molecule has 1 aromatic carbocycles. The molecule has 116 valence electrons. The number of carbonyl (C=O) groups is 1. The van der Waals surface area contributed by atoms with Gasteiger partial charge in [-0.25, -0.2) is 0 Å². The lowest BCUT2D eigenvalue weighted by molar-refractivity contribution is -0.117. The number of nitrogens with two attached hydrogens (primary N) is 1. The number of anilines is 1. The summed E-state index contributed by atoms with van der Waals surface area (Å²) in [6, 6.07) is 5.59. The van der Waals surface area contributed by atoms with E-state index in [2.05, 4.69) is 17.1 Å². The lowest BCUT2D eigenvalue weighted by Gasteiger charge is -2.20. The van der Waals surface area contributed by atoms with E-state index in [0.717, 1.165) is 13.0 Å². The molecule has 1 aliphatic rings. The average Bonchev–Trinajstić information content (AvgIpc) is 2.79. The Morgan fingerprint density at radius 2 is 2.33 bits per heavy atom. The van der Waals surface area contributed by atoms with Gasteiger partial charge in [-0.15, -0.1) is 0 Å². The molecule has 1 aliphatic heterocycles. The van der Waals surface area contributed by atoms with Crippen molar-refractivity contribution < 1.29 is 9.53 Å². The number of nitrogens with one attached hydrogen (secondary N) is 1. The number of amides is 1. The van der Waals surface area contributed by atoms with E-state index in [1.165, 1.54) is 0 Å². The summed E-state index contributed by atoms with van der Waals surface area (Å²) in [4.78, 5) is 14.3. The van der Waals surface area contributed by atoms with Crippen LogP contribution >= 0.6 is 11.6 Å². The molecule has 6 heteroatoms. The number of benzene rings is 1. The number of hydrogen-bond acceptors (Lipinski definition) is 4. The molecule has 1 amide bonds. The molecule has 0 bridgehead atoms. The Kier molecular flexibility index (Phi) is 5.45. The molecular weight excluding hydrogens is 290 g/mol. The predicted octanol–water partition coefficient (Wildman–Crippen LogP) is 1.96. The van der Waals surface area contributed by atoms with Gasteiger partial charge in [0, 0.05) is 18.3 Å².